The molecule has 1 aliphatic rings. The van der Waals surface area contributed by atoms with Gasteiger partial charge in [0, 0.05) is 5.56 Å². The van der Waals surface area contributed by atoms with Gasteiger partial charge in [0.1, 0.15) is 5.70 Å². The molecule has 1 aromatic carbocycles. The van der Waals surface area contributed by atoms with Crippen LogP contribution in [0.15, 0.2) is 23.9 Å². The number of nitrogens with one attached hydrogen (secondary N) is 2. The molecule has 2 rings (SSSR count). The Kier molecular flexibility index (Phi) is 3.70. The van der Waals surface area contributed by atoms with E-state index in [4.69, 9.17) is 4.74 Å². The van der Waals surface area contributed by atoms with Gasteiger partial charge in [-0.15, -0.1) is 0 Å². The van der Waals surface area contributed by atoms with Crippen LogP contribution in [0.4, 0.5) is 5.69 Å². The van der Waals surface area contributed by atoms with Crippen LogP contribution in [0, 0.1) is 0 Å². The SMILES string of the molecule is CCOC(=O)C1=Cc2cc(C(=O)OC)ccc2NN1. The topological polar surface area (TPSA) is 76.7 Å². The molecule has 1 aliphatic heterocycles. The Hall–Kier alpha value is -2.50. The summed E-state index contributed by atoms with van der Waals surface area (Å²) >= 11 is 0. The van der Waals surface area contributed by atoms with Crippen molar-refractivity contribution < 1.29 is 19.1 Å². The maximum absolute atomic E-state index is 11.6. The van der Waals surface area contributed by atoms with Gasteiger partial charge in [0.05, 0.1) is 25.0 Å². The zero-order valence-electron chi connectivity index (χ0n) is 10.6. The molecule has 1 heterocycles. The Morgan fingerprint density at radius 1 is 1.21 bits per heavy atom. The minimum atomic E-state index is -0.455. The molecular formula is C13H14N2O4. The lowest BCUT2D eigenvalue weighted by Crippen LogP contribution is -2.30. The Morgan fingerprint density at radius 2 is 2.00 bits per heavy atom. The zero-order valence-corrected chi connectivity index (χ0v) is 10.6. The lowest BCUT2D eigenvalue weighted by Gasteiger charge is -2.19. The molecule has 0 unspecified atom stereocenters. The van der Waals surface area contributed by atoms with Gasteiger partial charge in [0.15, 0.2) is 0 Å². The van der Waals surface area contributed by atoms with Gasteiger partial charge in [0.25, 0.3) is 0 Å². The van der Waals surface area contributed by atoms with E-state index < -0.39 is 11.9 Å². The van der Waals surface area contributed by atoms with Gasteiger partial charge in [-0.1, -0.05) is 0 Å². The molecule has 0 bridgehead atoms. The maximum atomic E-state index is 11.6. The summed E-state index contributed by atoms with van der Waals surface area (Å²) in [6.07, 6.45) is 1.62. The number of hydrogen-bond donors (Lipinski definition) is 2. The first-order valence-electron chi connectivity index (χ1n) is 5.79. The number of ether oxygens (including phenoxy) is 2. The van der Waals surface area contributed by atoms with Crippen molar-refractivity contribution >= 4 is 23.7 Å². The molecule has 0 aromatic heterocycles. The summed E-state index contributed by atoms with van der Waals surface area (Å²) in [6, 6.07) is 5.02. The zero-order chi connectivity index (χ0) is 13.8. The van der Waals surface area contributed by atoms with Gasteiger partial charge in [0.2, 0.25) is 0 Å². The van der Waals surface area contributed by atoms with E-state index >= 15 is 0 Å². The maximum Gasteiger partial charge on any atom is 0.356 e. The van der Waals surface area contributed by atoms with Gasteiger partial charge in [-0.05, 0) is 31.2 Å². The highest BCUT2D eigenvalue weighted by atomic mass is 16.5. The molecule has 0 atom stereocenters. The number of benzene rings is 1. The van der Waals surface area contributed by atoms with Crippen molar-refractivity contribution in [2.45, 2.75) is 6.92 Å². The van der Waals surface area contributed by atoms with Gasteiger partial charge in [-0.25, -0.2) is 9.59 Å². The standard InChI is InChI=1S/C13H14N2O4/c1-3-19-13(17)11-7-9-6-8(12(16)18-2)4-5-10(9)14-15-11/h4-7,14-15H,3H2,1-2H3. The quantitative estimate of drug-likeness (QED) is 0.800. The molecule has 0 fully saturated rings. The predicted molar refractivity (Wildman–Crippen MR) is 69.1 cm³/mol. The fourth-order valence-corrected chi connectivity index (χ4v) is 1.69. The van der Waals surface area contributed by atoms with Crippen LogP contribution in [0.5, 0.6) is 0 Å². The molecule has 19 heavy (non-hydrogen) atoms. The smallest absolute Gasteiger partial charge is 0.356 e. The van der Waals surface area contributed by atoms with Crippen LogP contribution >= 0.6 is 0 Å². The summed E-state index contributed by atoms with van der Waals surface area (Å²) in [7, 11) is 1.32. The van der Waals surface area contributed by atoms with Crippen molar-refractivity contribution in [2.24, 2.45) is 0 Å². The number of anilines is 1. The van der Waals surface area contributed by atoms with Crippen LogP contribution in [-0.2, 0) is 14.3 Å². The Bertz CT molecular complexity index is 552. The third kappa shape index (κ3) is 2.67. The molecule has 100 valence electrons. The highest BCUT2D eigenvalue weighted by molar-refractivity contribution is 5.97. The first-order valence-corrected chi connectivity index (χ1v) is 5.79. The first-order chi connectivity index (χ1) is 9.15. The van der Waals surface area contributed by atoms with E-state index in [0.717, 1.165) is 5.69 Å². The van der Waals surface area contributed by atoms with Crippen LogP contribution in [0.1, 0.15) is 22.8 Å². The van der Waals surface area contributed by atoms with Gasteiger partial charge in [-0.2, -0.15) is 0 Å². The van der Waals surface area contributed by atoms with E-state index in [1.54, 1.807) is 31.2 Å². The second-order valence-electron chi connectivity index (χ2n) is 3.82. The van der Waals surface area contributed by atoms with E-state index in [9.17, 15) is 9.59 Å². The molecule has 0 aliphatic carbocycles. The largest absolute Gasteiger partial charge is 0.465 e. The molecular weight excluding hydrogens is 248 g/mol. The summed E-state index contributed by atoms with van der Waals surface area (Å²) in [4.78, 5) is 23.0. The number of esters is 2. The lowest BCUT2D eigenvalue weighted by molar-refractivity contribution is -0.138. The van der Waals surface area contributed by atoms with E-state index in [1.807, 2.05) is 0 Å². The third-order valence-corrected chi connectivity index (χ3v) is 2.60. The van der Waals surface area contributed by atoms with Gasteiger partial charge in [-0.3, -0.25) is 5.43 Å². The van der Waals surface area contributed by atoms with Crippen LogP contribution in [0.2, 0.25) is 0 Å². The van der Waals surface area contributed by atoms with Crippen molar-refractivity contribution in [3.63, 3.8) is 0 Å². The minimum Gasteiger partial charge on any atom is -0.465 e. The summed E-state index contributed by atoms with van der Waals surface area (Å²) in [5.41, 5.74) is 7.79. The third-order valence-electron chi connectivity index (χ3n) is 2.60. The highest BCUT2D eigenvalue weighted by Gasteiger charge is 2.17. The number of methoxy groups -OCH3 is 1. The number of fused-ring (bicyclic) bond motifs is 1. The van der Waals surface area contributed by atoms with Crippen LogP contribution < -0.4 is 10.9 Å². The fourth-order valence-electron chi connectivity index (χ4n) is 1.69. The average Bonchev–Trinajstić information content (AvgIpc) is 2.45. The molecule has 0 radical (unpaired) electrons. The molecule has 0 saturated carbocycles. The molecule has 1 aromatic rings. The van der Waals surface area contributed by atoms with E-state index in [2.05, 4.69) is 15.6 Å². The monoisotopic (exact) mass is 262 g/mol. The van der Waals surface area contributed by atoms with Gasteiger partial charge < -0.3 is 14.9 Å². The molecule has 6 heteroatoms. The molecule has 6 nitrogen and oxygen atoms in total. The van der Waals surface area contributed by atoms with Crippen molar-refractivity contribution in [1.29, 1.82) is 0 Å². The van der Waals surface area contributed by atoms with Crippen molar-refractivity contribution in [2.75, 3.05) is 19.1 Å². The summed E-state index contributed by atoms with van der Waals surface area (Å²) < 4.78 is 9.55. The van der Waals surface area contributed by atoms with Crippen molar-refractivity contribution in [3.8, 4) is 0 Å². The number of carbonyl (C=O) groups is 2. The second-order valence-corrected chi connectivity index (χ2v) is 3.82. The van der Waals surface area contributed by atoms with E-state index in [0.29, 0.717) is 17.7 Å². The number of hydrazine groups is 1. The first kappa shape index (κ1) is 12.9. The van der Waals surface area contributed by atoms with Crippen molar-refractivity contribution in [1.82, 2.24) is 5.43 Å². The highest BCUT2D eigenvalue weighted by Crippen LogP contribution is 2.23. The molecule has 0 saturated heterocycles. The van der Waals surface area contributed by atoms with Crippen LogP contribution in [0.25, 0.3) is 6.08 Å². The normalized spacial score (nSPS) is 12.4. The second kappa shape index (κ2) is 5.43. The molecule has 0 amide bonds. The predicted octanol–water partition coefficient (Wildman–Crippen LogP) is 1.31. The Balaban J connectivity index is 2.32. The van der Waals surface area contributed by atoms with E-state index in [1.165, 1.54) is 7.11 Å². The van der Waals surface area contributed by atoms with Gasteiger partial charge >= 0.3 is 11.9 Å². The molecule has 2 N–H and O–H groups in total. The number of rotatable bonds is 3. The number of hydrogen-bond acceptors (Lipinski definition) is 6. The lowest BCUT2D eigenvalue weighted by atomic mass is 10.1. The Labute approximate surface area is 110 Å². The van der Waals surface area contributed by atoms with Crippen molar-refractivity contribution in [3.05, 3.63) is 35.0 Å². The Morgan fingerprint density at radius 3 is 2.68 bits per heavy atom. The van der Waals surface area contributed by atoms with Crippen LogP contribution in [-0.4, -0.2) is 25.7 Å². The summed E-state index contributed by atoms with van der Waals surface area (Å²) in [5, 5.41) is 0. The number of carbonyl (C=O) groups excluding carboxylic acids is 2. The minimum absolute atomic E-state index is 0.288. The molecule has 0 spiro atoms. The van der Waals surface area contributed by atoms with E-state index in [-0.39, 0.29) is 5.70 Å². The average molecular weight is 262 g/mol. The fraction of sp³-hybridized carbons (Fsp3) is 0.231. The van der Waals surface area contributed by atoms with Crippen LogP contribution in [0.3, 0.4) is 0 Å². The summed E-state index contributed by atoms with van der Waals surface area (Å²) in [5.74, 6) is -0.878. The summed E-state index contributed by atoms with van der Waals surface area (Å²) in [6.45, 7) is 2.03.